The normalized spacial score (nSPS) is 12.3. The molecule has 10 heavy (non-hydrogen) atoms. The topological polar surface area (TPSA) is 0 Å². The van der Waals surface area contributed by atoms with E-state index in [2.05, 4.69) is 26.9 Å². The predicted octanol–water partition coefficient (Wildman–Crippen LogP) is 3.55. The minimum Gasteiger partial charge on any atom is -0.0722 e. The lowest BCUT2D eigenvalue weighted by Gasteiger charge is -2.08. The molecule has 1 heteroatoms. The predicted molar refractivity (Wildman–Crippen MR) is 54.5 cm³/mol. The highest BCUT2D eigenvalue weighted by Gasteiger charge is 2.01. The molecule has 0 saturated carbocycles. The fourth-order valence-corrected chi connectivity index (χ4v) is 2.91. The molecule has 0 fully saturated rings. The molecule has 0 bridgehead atoms. The zero-order valence-corrected chi connectivity index (χ0v) is 9.72. The van der Waals surface area contributed by atoms with Crippen LogP contribution < -0.4 is 0 Å². The van der Waals surface area contributed by atoms with E-state index in [1.54, 1.807) is 0 Å². The van der Waals surface area contributed by atoms with Gasteiger partial charge in [-0.1, -0.05) is 53.3 Å². The Balaban J connectivity index is 0. The van der Waals surface area contributed by atoms with Gasteiger partial charge in [-0.3, -0.25) is 0 Å². The van der Waals surface area contributed by atoms with Gasteiger partial charge in [0.1, 0.15) is 0 Å². The second kappa shape index (κ2) is 9.22. The summed E-state index contributed by atoms with van der Waals surface area (Å²) < 4.78 is 0. The first kappa shape index (κ1) is 12.9. The standard InChI is InChI=1S/C7H18Si.C2H6/c1-5-7(2)6-8(3)4;1-2/h7-8H,5-6H2,1-4H3;1-2H3. The minimum absolute atomic E-state index is 0.246. The van der Waals surface area contributed by atoms with Gasteiger partial charge in [0.05, 0.1) is 0 Å². The zero-order chi connectivity index (χ0) is 8.57. The molecule has 0 aromatic carbocycles. The molecule has 0 aliphatic rings. The van der Waals surface area contributed by atoms with Crippen molar-refractivity contribution < 1.29 is 0 Å². The monoisotopic (exact) mass is 160 g/mol. The summed E-state index contributed by atoms with van der Waals surface area (Å²) in [5.74, 6) is 0.988. The van der Waals surface area contributed by atoms with Crippen LogP contribution in [0.25, 0.3) is 0 Å². The Hall–Kier alpha value is 0.217. The van der Waals surface area contributed by atoms with E-state index < -0.39 is 0 Å². The van der Waals surface area contributed by atoms with E-state index in [1.165, 1.54) is 12.5 Å². The third kappa shape index (κ3) is 11.1. The van der Waals surface area contributed by atoms with Crippen LogP contribution in [0.2, 0.25) is 19.1 Å². The lowest BCUT2D eigenvalue weighted by atomic mass is 10.2. The smallest absolute Gasteiger partial charge is 0.0308 e. The summed E-state index contributed by atoms with van der Waals surface area (Å²) in [5.41, 5.74) is 0. The lowest BCUT2D eigenvalue weighted by Crippen LogP contribution is -2.05. The van der Waals surface area contributed by atoms with E-state index in [4.69, 9.17) is 0 Å². The number of rotatable bonds is 3. The van der Waals surface area contributed by atoms with Crippen LogP contribution in [0.1, 0.15) is 34.1 Å². The van der Waals surface area contributed by atoms with Gasteiger partial charge in [-0.25, -0.2) is 0 Å². The van der Waals surface area contributed by atoms with E-state index in [9.17, 15) is 0 Å². The maximum Gasteiger partial charge on any atom is 0.0308 e. The van der Waals surface area contributed by atoms with Crippen molar-refractivity contribution in [2.75, 3.05) is 0 Å². The van der Waals surface area contributed by atoms with Gasteiger partial charge in [-0.15, -0.1) is 0 Å². The van der Waals surface area contributed by atoms with Crippen LogP contribution in [0, 0.1) is 5.92 Å². The maximum absolute atomic E-state index is 2.42. The third-order valence-electron chi connectivity index (χ3n) is 1.57. The van der Waals surface area contributed by atoms with Crippen LogP contribution in [0.5, 0.6) is 0 Å². The van der Waals surface area contributed by atoms with Crippen molar-refractivity contribution in [3.63, 3.8) is 0 Å². The van der Waals surface area contributed by atoms with E-state index in [-0.39, 0.29) is 8.80 Å². The first-order chi connectivity index (χ1) is 4.66. The largest absolute Gasteiger partial charge is 0.0722 e. The molecule has 1 unspecified atom stereocenters. The van der Waals surface area contributed by atoms with Crippen molar-refractivity contribution in [2.45, 2.75) is 53.3 Å². The summed E-state index contributed by atoms with van der Waals surface area (Å²) in [6.45, 7) is 13.5. The van der Waals surface area contributed by atoms with Crippen LogP contribution in [0.4, 0.5) is 0 Å². The fraction of sp³-hybridized carbons (Fsp3) is 1.00. The molecule has 0 N–H and O–H groups in total. The van der Waals surface area contributed by atoms with Crippen LogP contribution >= 0.6 is 0 Å². The number of hydrogen-bond donors (Lipinski definition) is 0. The SMILES string of the molecule is CC.CCC(C)C[SiH](C)C. The molecule has 0 nitrogen and oxygen atoms in total. The van der Waals surface area contributed by atoms with Crippen molar-refractivity contribution in [3.05, 3.63) is 0 Å². The highest BCUT2D eigenvalue weighted by molar-refractivity contribution is 6.55. The number of hydrogen-bond acceptors (Lipinski definition) is 0. The lowest BCUT2D eigenvalue weighted by molar-refractivity contribution is 0.620. The Morgan fingerprint density at radius 1 is 1.20 bits per heavy atom. The average Bonchev–Trinajstić information content (AvgIpc) is 1.91. The van der Waals surface area contributed by atoms with E-state index in [0.717, 1.165) is 5.92 Å². The van der Waals surface area contributed by atoms with Crippen molar-refractivity contribution in [1.29, 1.82) is 0 Å². The first-order valence-corrected chi connectivity index (χ1v) is 7.79. The van der Waals surface area contributed by atoms with Crippen molar-refractivity contribution >= 4 is 8.80 Å². The van der Waals surface area contributed by atoms with Gasteiger partial charge in [0.2, 0.25) is 0 Å². The summed E-state index contributed by atoms with van der Waals surface area (Å²) in [4.78, 5) is 0. The first-order valence-electron chi connectivity index (χ1n) is 4.66. The summed E-state index contributed by atoms with van der Waals surface area (Å²) >= 11 is 0. The average molecular weight is 160 g/mol. The highest BCUT2D eigenvalue weighted by Crippen LogP contribution is 2.09. The van der Waals surface area contributed by atoms with Crippen LogP contribution in [-0.2, 0) is 0 Å². The Kier molecular flexibility index (Phi) is 11.8. The van der Waals surface area contributed by atoms with Crippen LogP contribution in [0.3, 0.4) is 0 Å². The fourth-order valence-electron chi connectivity index (χ4n) is 0.971. The highest BCUT2D eigenvalue weighted by atomic mass is 28.3. The molecule has 1 atom stereocenters. The molecule has 0 aliphatic carbocycles. The zero-order valence-electron chi connectivity index (χ0n) is 8.57. The second-order valence-corrected chi connectivity index (χ2v) is 6.40. The van der Waals surface area contributed by atoms with Gasteiger partial charge in [0.25, 0.3) is 0 Å². The third-order valence-corrected chi connectivity index (χ3v) is 3.32. The summed E-state index contributed by atoms with van der Waals surface area (Å²) in [6, 6.07) is 1.52. The molecule has 0 aromatic heterocycles. The van der Waals surface area contributed by atoms with Crippen LogP contribution in [-0.4, -0.2) is 8.80 Å². The molecule has 0 rings (SSSR count). The van der Waals surface area contributed by atoms with Crippen molar-refractivity contribution in [2.24, 2.45) is 5.92 Å². The maximum atomic E-state index is 2.42. The Bertz CT molecular complexity index is 50.7. The Morgan fingerprint density at radius 3 is 1.70 bits per heavy atom. The Morgan fingerprint density at radius 2 is 1.60 bits per heavy atom. The summed E-state index contributed by atoms with van der Waals surface area (Å²) in [6.07, 6.45) is 1.37. The summed E-state index contributed by atoms with van der Waals surface area (Å²) in [5, 5.41) is 0. The van der Waals surface area contributed by atoms with Gasteiger partial charge in [-0.2, -0.15) is 0 Å². The van der Waals surface area contributed by atoms with E-state index >= 15 is 0 Å². The van der Waals surface area contributed by atoms with Crippen molar-refractivity contribution in [3.8, 4) is 0 Å². The van der Waals surface area contributed by atoms with Crippen molar-refractivity contribution in [1.82, 2.24) is 0 Å². The molecule has 0 spiro atoms. The molecule has 0 aromatic rings. The van der Waals surface area contributed by atoms with Gasteiger partial charge in [0.15, 0.2) is 0 Å². The molecule has 0 aliphatic heterocycles. The summed E-state index contributed by atoms with van der Waals surface area (Å²) in [7, 11) is -0.246. The quantitative estimate of drug-likeness (QED) is 0.554. The molecule has 0 heterocycles. The van der Waals surface area contributed by atoms with Crippen LogP contribution in [0.15, 0.2) is 0 Å². The molecule has 0 amide bonds. The molecular weight excluding hydrogens is 136 g/mol. The molecule has 0 saturated heterocycles. The molecule has 0 radical (unpaired) electrons. The van der Waals surface area contributed by atoms with Gasteiger partial charge >= 0.3 is 0 Å². The van der Waals surface area contributed by atoms with Gasteiger partial charge < -0.3 is 0 Å². The molecular formula is C9H24Si. The van der Waals surface area contributed by atoms with E-state index in [0.29, 0.717) is 0 Å². The van der Waals surface area contributed by atoms with Gasteiger partial charge in [-0.05, 0) is 5.92 Å². The van der Waals surface area contributed by atoms with Gasteiger partial charge in [0, 0.05) is 8.80 Å². The minimum atomic E-state index is -0.246. The van der Waals surface area contributed by atoms with E-state index in [1.807, 2.05) is 13.8 Å². The second-order valence-electron chi connectivity index (χ2n) is 3.14. The molecule has 64 valence electrons. The Labute approximate surface area is 68.6 Å².